The van der Waals surface area contributed by atoms with Crippen LogP contribution in [0.25, 0.3) is 0 Å². The van der Waals surface area contributed by atoms with Gasteiger partial charge in [0.05, 0.1) is 18.4 Å². The van der Waals surface area contributed by atoms with Gasteiger partial charge in [0.2, 0.25) is 0 Å². The van der Waals surface area contributed by atoms with E-state index in [-0.39, 0.29) is 5.78 Å². The van der Waals surface area contributed by atoms with Crippen molar-refractivity contribution in [3.8, 4) is 5.75 Å². The van der Waals surface area contributed by atoms with E-state index in [1.54, 1.807) is 25.8 Å². The van der Waals surface area contributed by atoms with Crippen LogP contribution in [0.15, 0.2) is 18.2 Å². The zero-order valence-electron chi connectivity index (χ0n) is 11.7. The molecule has 0 bridgehead atoms. The normalized spacial score (nSPS) is 12.1. The zero-order chi connectivity index (χ0) is 13.7. The highest BCUT2D eigenvalue weighted by atomic mass is 32.2. The summed E-state index contributed by atoms with van der Waals surface area (Å²) in [4.78, 5) is 14.0. The number of hydrogen-bond acceptors (Lipinski definition) is 4. The summed E-state index contributed by atoms with van der Waals surface area (Å²) in [5, 5.41) is 0. The largest absolute Gasteiger partial charge is 0.496 e. The minimum Gasteiger partial charge on any atom is -0.496 e. The molecule has 1 unspecified atom stereocenters. The van der Waals surface area contributed by atoms with Crippen molar-refractivity contribution in [2.24, 2.45) is 0 Å². The lowest BCUT2D eigenvalue weighted by molar-refractivity contribution is 0.101. The molecule has 0 saturated heterocycles. The van der Waals surface area contributed by atoms with Crippen LogP contribution >= 0.6 is 11.8 Å². The molecule has 0 fully saturated rings. The van der Waals surface area contributed by atoms with Crippen LogP contribution in [-0.2, 0) is 0 Å². The molecule has 0 amide bonds. The van der Waals surface area contributed by atoms with E-state index in [0.717, 1.165) is 11.4 Å². The average Bonchev–Trinajstić information content (AvgIpc) is 2.36. The fourth-order valence-electron chi connectivity index (χ4n) is 1.93. The second kappa shape index (κ2) is 6.69. The van der Waals surface area contributed by atoms with E-state index >= 15 is 0 Å². The minimum absolute atomic E-state index is 0.0330. The Morgan fingerprint density at radius 2 is 2.17 bits per heavy atom. The first-order chi connectivity index (χ1) is 8.52. The number of benzene rings is 1. The van der Waals surface area contributed by atoms with Crippen molar-refractivity contribution in [3.63, 3.8) is 0 Å². The number of ketones is 1. The van der Waals surface area contributed by atoms with Crippen molar-refractivity contribution in [3.05, 3.63) is 23.8 Å². The summed E-state index contributed by atoms with van der Waals surface area (Å²) in [6, 6.07) is 6.08. The van der Waals surface area contributed by atoms with Crippen LogP contribution in [0.3, 0.4) is 0 Å². The zero-order valence-corrected chi connectivity index (χ0v) is 12.5. The lowest BCUT2D eigenvalue weighted by atomic mass is 10.1. The Bertz CT molecular complexity index is 420. The summed E-state index contributed by atoms with van der Waals surface area (Å²) in [6.45, 7) is 3.73. The predicted octanol–water partition coefficient (Wildman–Crippen LogP) is 3.09. The Hall–Kier alpha value is -1.16. The predicted molar refractivity (Wildman–Crippen MR) is 79.2 cm³/mol. The third-order valence-corrected chi connectivity index (χ3v) is 3.84. The van der Waals surface area contributed by atoms with Crippen LogP contribution in [0.5, 0.6) is 5.75 Å². The van der Waals surface area contributed by atoms with Gasteiger partial charge in [0.25, 0.3) is 0 Å². The maximum atomic E-state index is 11.8. The first kappa shape index (κ1) is 14.9. The molecule has 1 atom stereocenters. The molecule has 0 spiro atoms. The van der Waals surface area contributed by atoms with Crippen LogP contribution < -0.4 is 9.64 Å². The number of rotatable bonds is 6. The van der Waals surface area contributed by atoms with E-state index in [1.807, 2.05) is 25.2 Å². The maximum Gasteiger partial charge on any atom is 0.165 e. The highest BCUT2D eigenvalue weighted by Crippen LogP contribution is 2.30. The molecule has 0 N–H and O–H groups in total. The lowest BCUT2D eigenvalue weighted by Gasteiger charge is -2.28. The summed E-state index contributed by atoms with van der Waals surface area (Å²) in [7, 11) is 3.61. The van der Waals surface area contributed by atoms with Gasteiger partial charge in [0, 0.05) is 18.8 Å². The van der Waals surface area contributed by atoms with Crippen molar-refractivity contribution >= 4 is 23.2 Å². The lowest BCUT2D eigenvalue weighted by Crippen LogP contribution is -2.32. The number of anilines is 1. The number of carbonyl (C=O) groups is 1. The average molecular weight is 267 g/mol. The number of carbonyl (C=O) groups excluding carboxylic acids is 1. The van der Waals surface area contributed by atoms with Crippen LogP contribution in [0, 0.1) is 0 Å². The van der Waals surface area contributed by atoms with E-state index < -0.39 is 0 Å². The maximum absolute atomic E-state index is 11.8. The van der Waals surface area contributed by atoms with Crippen LogP contribution in [0.4, 0.5) is 5.69 Å². The number of methoxy groups -OCH3 is 1. The first-order valence-corrected chi connectivity index (χ1v) is 7.32. The molecule has 4 heteroatoms. The van der Waals surface area contributed by atoms with Gasteiger partial charge in [-0.15, -0.1) is 0 Å². The van der Waals surface area contributed by atoms with Crippen molar-refractivity contribution in [1.29, 1.82) is 0 Å². The SMILES string of the molecule is COc1cccc(N(C)C(C)CSC)c1C(C)=O. The van der Waals surface area contributed by atoms with Crippen LogP contribution in [0.1, 0.15) is 24.2 Å². The van der Waals surface area contributed by atoms with Gasteiger partial charge in [-0.05, 0) is 32.2 Å². The van der Waals surface area contributed by atoms with Gasteiger partial charge < -0.3 is 9.64 Å². The van der Waals surface area contributed by atoms with Crippen molar-refractivity contribution < 1.29 is 9.53 Å². The molecule has 1 aromatic carbocycles. The summed E-state index contributed by atoms with van der Waals surface area (Å²) in [5.74, 6) is 1.69. The molecule has 18 heavy (non-hydrogen) atoms. The highest BCUT2D eigenvalue weighted by molar-refractivity contribution is 7.98. The van der Waals surface area contributed by atoms with Gasteiger partial charge in [-0.25, -0.2) is 0 Å². The first-order valence-electron chi connectivity index (χ1n) is 5.92. The highest BCUT2D eigenvalue weighted by Gasteiger charge is 2.19. The fraction of sp³-hybridized carbons (Fsp3) is 0.500. The van der Waals surface area contributed by atoms with Gasteiger partial charge >= 0.3 is 0 Å². The number of nitrogens with zero attached hydrogens (tertiary/aromatic N) is 1. The number of Topliss-reactive ketones (excluding diaryl/α,β-unsaturated/α-hetero) is 1. The molecule has 0 aliphatic carbocycles. The standard InChI is InChI=1S/C14H21NO2S/c1-10(9-18-5)15(3)12-7-6-8-13(17-4)14(12)11(2)16/h6-8,10H,9H2,1-5H3. The molecule has 1 aromatic rings. The molecule has 0 aliphatic heterocycles. The molecule has 0 aliphatic rings. The van der Waals surface area contributed by atoms with Crippen LogP contribution in [0.2, 0.25) is 0 Å². The van der Waals surface area contributed by atoms with E-state index in [0.29, 0.717) is 17.4 Å². The van der Waals surface area contributed by atoms with E-state index in [9.17, 15) is 4.79 Å². The molecule has 100 valence electrons. The molecule has 3 nitrogen and oxygen atoms in total. The van der Waals surface area contributed by atoms with Crippen LogP contribution in [-0.4, -0.2) is 38.0 Å². The number of hydrogen-bond donors (Lipinski definition) is 0. The van der Waals surface area contributed by atoms with E-state index in [4.69, 9.17) is 4.74 Å². The van der Waals surface area contributed by atoms with E-state index in [1.165, 1.54) is 0 Å². The second-order valence-corrected chi connectivity index (χ2v) is 5.24. The Morgan fingerprint density at radius 3 is 2.67 bits per heavy atom. The fourth-order valence-corrected chi connectivity index (χ4v) is 2.63. The Labute approximate surface area is 114 Å². The molecule has 0 aromatic heterocycles. The summed E-state index contributed by atoms with van der Waals surface area (Å²) < 4.78 is 5.28. The van der Waals surface area contributed by atoms with Gasteiger partial charge in [-0.3, -0.25) is 4.79 Å². The van der Waals surface area contributed by atoms with Gasteiger partial charge in [-0.2, -0.15) is 11.8 Å². The third-order valence-electron chi connectivity index (χ3n) is 3.03. The number of thioether (sulfide) groups is 1. The Balaban J connectivity index is 3.19. The van der Waals surface area contributed by atoms with Gasteiger partial charge in [0.15, 0.2) is 5.78 Å². The quantitative estimate of drug-likeness (QED) is 0.741. The molecule has 0 heterocycles. The topological polar surface area (TPSA) is 29.5 Å². The molecular formula is C14H21NO2S. The molecule has 0 saturated carbocycles. The summed E-state index contributed by atoms with van der Waals surface area (Å²) >= 11 is 1.80. The number of ether oxygens (including phenoxy) is 1. The Kier molecular flexibility index (Phi) is 5.54. The van der Waals surface area contributed by atoms with E-state index in [2.05, 4.69) is 18.1 Å². The van der Waals surface area contributed by atoms with Crippen molar-refractivity contribution in [2.75, 3.05) is 31.1 Å². The van der Waals surface area contributed by atoms with Crippen molar-refractivity contribution in [2.45, 2.75) is 19.9 Å². The second-order valence-electron chi connectivity index (χ2n) is 4.33. The minimum atomic E-state index is 0.0330. The molecular weight excluding hydrogens is 246 g/mol. The monoisotopic (exact) mass is 267 g/mol. The Morgan fingerprint density at radius 1 is 1.50 bits per heavy atom. The summed E-state index contributed by atoms with van der Waals surface area (Å²) in [5.41, 5.74) is 1.60. The van der Waals surface area contributed by atoms with Gasteiger partial charge in [0.1, 0.15) is 5.75 Å². The third kappa shape index (κ3) is 3.19. The van der Waals surface area contributed by atoms with Gasteiger partial charge in [-0.1, -0.05) is 6.07 Å². The smallest absolute Gasteiger partial charge is 0.165 e. The van der Waals surface area contributed by atoms with Crippen molar-refractivity contribution in [1.82, 2.24) is 0 Å². The molecule has 1 rings (SSSR count). The molecule has 0 radical (unpaired) electrons. The summed E-state index contributed by atoms with van der Waals surface area (Å²) in [6.07, 6.45) is 2.09.